The van der Waals surface area contributed by atoms with E-state index in [2.05, 4.69) is 11.8 Å². The van der Waals surface area contributed by atoms with E-state index in [1.165, 1.54) is 24.3 Å². The molecule has 160 valence electrons. The van der Waals surface area contributed by atoms with Crippen molar-refractivity contribution in [3.8, 4) is 23.0 Å². The molecule has 4 heteroatoms. The summed E-state index contributed by atoms with van der Waals surface area (Å²) in [5.74, 6) is 4.71. The minimum Gasteiger partial charge on any atom is -0.385 e. The quantitative estimate of drug-likeness (QED) is 0.247. The lowest BCUT2D eigenvalue weighted by Crippen LogP contribution is -1.97. The van der Waals surface area contributed by atoms with E-state index in [4.69, 9.17) is 4.74 Å². The smallest absolute Gasteiger partial charge is 0.134 e. The molecule has 0 amide bonds. The van der Waals surface area contributed by atoms with Gasteiger partial charge in [-0.3, -0.25) is 0 Å². The van der Waals surface area contributed by atoms with Crippen molar-refractivity contribution in [2.45, 2.75) is 12.8 Å². The summed E-state index contributed by atoms with van der Waals surface area (Å²) >= 11 is 0. The lowest BCUT2D eigenvalue weighted by Gasteiger charge is -2.09. The molecule has 4 aromatic rings. The molecule has 32 heavy (non-hydrogen) atoms. The van der Waals surface area contributed by atoms with E-state index >= 15 is 0 Å². The highest BCUT2D eigenvalue weighted by Crippen LogP contribution is 2.28. The second kappa shape index (κ2) is 9.72. The second-order valence-corrected chi connectivity index (χ2v) is 7.56. The molecule has 0 aliphatic carbocycles. The van der Waals surface area contributed by atoms with Crippen LogP contribution >= 0.6 is 0 Å². The van der Waals surface area contributed by atoms with Gasteiger partial charge < -0.3 is 4.74 Å². The van der Waals surface area contributed by atoms with Crippen molar-refractivity contribution in [1.29, 1.82) is 0 Å². The van der Waals surface area contributed by atoms with Crippen molar-refractivity contribution in [1.82, 2.24) is 0 Å². The van der Waals surface area contributed by atoms with E-state index in [9.17, 15) is 13.2 Å². The highest BCUT2D eigenvalue weighted by molar-refractivity contribution is 5.84. The van der Waals surface area contributed by atoms with Crippen molar-refractivity contribution in [2.75, 3.05) is 13.7 Å². The molecular weight excluding hydrogens is 409 g/mol. The van der Waals surface area contributed by atoms with Gasteiger partial charge in [0, 0.05) is 24.8 Å². The SMILES string of the molecule is COCCCc1cc(F)c(-c2ccc(C#Cc3ccc4cc(F)ccc4c3)cc2)c(F)c1. The fourth-order valence-corrected chi connectivity index (χ4v) is 3.63. The molecule has 0 unspecified atom stereocenters. The zero-order valence-corrected chi connectivity index (χ0v) is 17.6. The predicted octanol–water partition coefficient (Wildman–Crippen LogP) is 6.90. The molecule has 0 heterocycles. The summed E-state index contributed by atoms with van der Waals surface area (Å²) in [6.07, 6.45) is 1.26. The summed E-state index contributed by atoms with van der Waals surface area (Å²) < 4.78 is 47.5. The Morgan fingerprint density at radius 2 is 1.34 bits per heavy atom. The van der Waals surface area contributed by atoms with Gasteiger partial charge in [-0.2, -0.15) is 0 Å². The molecule has 0 N–H and O–H groups in total. The Labute approximate surface area is 185 Å². The number of hydrogen-bond acceptors (Lipinski definition) is 1. The van der Waals surface area contributed by atoms with Crippen LogP contribution in [0.4, 0.5) is 13.2 Å². The van der Waals surface area contributed by atoms with Crippen LogP contribution in [0.25, 0.3) is 21.9 Å². The van der Waals surface area contributed by atoms with Gasteiger partial charge in [0.1, 0.15) is 17.5 Å². The van der Waals surface area contributed by atoms with Crippen LogP contribution in [0.2, 0.25) is 0 Å². The number of fused-ring (bicyclic) bond motifs is 1. The number of methoxy groups -OCH3 is 1. The third-order valence-corrected chi connectivity index (χ3v) is 5.24. The first-order chi connectivity index (χ1) is 15.5. The lowest BCUT2D eigenvalue weighted by atomic mass is 9.99. The molecule has 0 spiro atoms. The monoisotopic (exact) mass is 430 g/mol. The van der Waals surface area contributed by atoms with Crippen LogP contribution in [-0.2, 0) is 11.2 Å². The van der Waals surface area contributed by atoms with E-state index < -0.39 is 11.6 Å². The largest absolute Gasteiger partial charge is 0.385 e. The number of aryl methyl sites for hydroxylation is 1. The highest BCUT2D eigenvalue weighted by atomic mass is 19.1. The Bertz CT molecular complexity index is 1290. The number of hydrogen-bond donors (Lipinski definition) is 0. The Morgan fingerprint density at radius 1 is 0.719 bits per heavy atom. The predicted molar refractivity (Wildman–Crippen MR) is 122 cm³/mol. The summed E-state index contributed by atoms with van der Waals surface area (Å²) in [6.45, 7) is 0.547. The Hall–Kier alpha value is -3.55. The maximum Gasteiger partial charge on any atom is 0.134 e. The first-order valence-corrected chi connectivity index (χ1v) is 10.3. The molecule has 0 saturated carbocycles. The molecule has 0 aromatic heterocycles. The average Bonchev–Trinajstić information content (AvgIpc) is 2.78. The number of benzene rings is 4. The van der Waals surface area contributed by atoms with Crippen molar-refractivity contribution in [2.24, 2.45) is 0 Å². The fourth-order valence-electron chi connectivity index (χ4n) is 3.63. The van der Waals surface area contributed by atoms with Crippen molar-refractivity contribution in [3.05, 3.63) is 107 Å². The Morgan fingerprint density at radius 3 is 2.06 bits per heavy atom. The van der Waals surface area contributed by atoms with Gasteiger partial charge in [0.05, 0.1) is 5.56 Å². The van der Waals surface area contributed by atoms with E-state index in [0.717, 1.165) is 21.9 Å². The minimum absolute atomic E-state index is 0.0400. The van der Waals surface area contributed by atoms with Crippen LogP contribution in [0.5, 0.6) is 0 Å². The van der Waals surface area contributed by atoms with E-state index in [0.29, 0.717) is 30.6 Å². The van der Waals surface area contributed by atoms with E-state index in [1.807, 2.05) is 18.2 Å². The molecule has 0 aliphatic rings. The van der Waals surface area contributed by atoms with Crippen LogP contribution in [0.3, 0.4) is 0 Å². The number of rotatable bonds is 5. The lowest BCUT2D eigenvalue weighted by molar-refractivity contribution is 0.195. The van der Waals surface area contributed by atoms with Crippen LogP contribution < -0.4 is 0 Å². The van der Waals surface area contributed by atoms with Gasteiger partial charge in [0.15, 0.2) is 0 Å². The molecule has 0 atom stereocenters. The third kappa shape index (κ3) is 5.01. The van der Waals surface area contributed by atoms with Crippen molar-refractivity contribution in [3.63, 3.8) is 0 Å². The number of halogens is 3. The summed E-state index contributed by atoms with van der Waals surface area (Å²) in [7, 11) is 1.60. The normalized spacial score (nSPS) is 10.8. The van der Waals surface area contributed by atoms with Crippen LogP contribution in [0.1, 0.15) is 23.1 Å². The van der Waals surface area contributed by atoms with Crippen molar-refractivity contribution >= 4 is 10.8 Å². The van der Waals surface area contributed by atoms with Gasteiger partial charge in [0.2, 0.25) is 0 Å². The van der Waals surface area contributed by atoms with Gasteiger partial charge >= 0.3 is 0 Å². The molecule has 4 rings (SSSR count). The van der Waals surface area contributed by atoms with Gasteiger partial charge in [0.25, 0.3) is 0 Å². The van der Waals surface area contributed by atoms with Gasteiger partial charge in [-0.1, -0.05) is 36.1 Å². The van der Waals surface area contributed by atoms with Crippen LogP contribution in [-0.4, -0.2) is 13.7 Å². The van der Waals surface area contributed by atoms with Crippen molar-refractivity contribution < 1.29 is 17.9 Å². The summed E-state index contributed by atoms with van der Waals surface area (Å²) in [4.78, 5) is 0. The summed E-state index contributed by atoms with van der Waals surface area (Å²) in [6, 6.07) is 19.8. The molecule has 0 saturated heterocycles. The highest BCUT2D eigenvalue weighted by Gasteiger charge is 2.13. The number of ether oxygens (including phenoxy) is 1. The Balaban J connectivity index is 1.53. The van der Waals surface area contributed by atoms with Gasteiger partial charge in [-0.25, -0.2) is 13.2 Å². The molecular formula is C28H21F3O. The van der Waals surface area contributed by atoms with Crippen LogP contribution in [0, 0.1) is 29.3 Å². The summed E-state index contributed by atoms with van der Waals surface area (Å²) in [5.41, 5.74) is 2.56. The molecule has 0 bridgehead atoms. The zero-order valence-electron chi connectivity index (χ0n) is 17.6. The maximum absolute atomic E-state index is 14.6. The standard InChI is InChI=1S/C28H21F3O/c1-32-14-2-3-21-16-26(30)28(27(31)17-21)22-9-6-19(7-10-22)4-5-20-8-11-24-18-25(29)13-12-23(24)15-20/h6-13,15-18H,2-3,14H2,1H3. The van der Waals surface area contributed by atoms with Gasteiger partial charge in [-0.05, 0) is 83.3 Å². The van der Waals surface area contributed by atoms with E-state index in [-0.39, 0.29) is 11.4 Å². The first-order valence-electron chi connectivity index (χ1n) is 10.3. The molecule has 0 radical (unpaired) electrons. The third-order valence-electron chi connectivity index (χ3n) is 5.24. The average molecular weight is 430 g/mol. The first kappa shape index (κ1) is 21.7. The molecule has 1 nitrogen and oxygen atoms in total. The fraction of sp³-hybridized carbons (Fsp3) is 0.143. The Kier molecular flexibility index (Phi) is 6.58. The van der Waals surface area contributed by atoms with E-state index in [1.54, 1.807) is 37.4 Å². The van der Waals surface area contributed by atoms with Gasteiger partial charge in [-0.15, -0.1) is 0 Å². The summed E-state index contributed by atoms with van der Waals surface area (Å²) in [5, 5.41) is 1.72. The maximum atomic E-state index is 14.6. The van der Waals surface area contributed by atoms with Crippen LogP contribution in [0.15, 0.2) is 72.8 Å². The molecule has 0 aliphatic heterocycles. The second-order valence-electron chi connectivity index (χ2n) is 7.56. The topological polar surface area (TPSA) is 9.23 Å². The zero-order chi connectivity index (χ0) is 22.5. The molecule has 4 aromatic carbocycles. The minimum atomic E-state index is -0.580. The molecule has 0 fully saturated rings.